The van der Waals surface area contributed by atoms with Crippen LogP contribution in [0.3, 0.4) is 0 Å². The van der Waals surface area contributed by atoms with Gasteiger partial charge < -0.3 is 14.2 Å². The number of nitrogens with zero attached hydrogens (tertiary/aromatic N) is 4. The first-order valence-electron chi connectivity index (χ1n) is 13.6. The summed E-state index contributed by atoms with van der Waals surface area (Å²) >= 11 is 0. The number of aromatic nitrogens is 3. The fourth-order valence-corrected chi connectivity index (χ4v) is 5.00. The predicted molar refractivity (Wildman–Crippen MR) is 154 cm³/mol. The second-order valence-electron chi connectivity index (χ2n) is 11.1. The Hall–Kier alpha value is -4.11. The summed E-state index contributed by atoms with van der Waals surface area (Å²) in [4.78, 5) is 33.0. The zero-order valence-electron chi connectivity index (χ0n) is 23.7. The molecule has 4 aromatic rings. The van der Waals surface area contributed by atoms with Crippen LogP contribution in [0.4, 0.5) is 16.3 Å². The second-order valence-corrected chi connectivity index (χ2v) is 11.1. The van der Waals surface area contributed by atoms with Gasteiger partial charge in [-0.15, -0.1) is 0 Å². The van der Waals surface area contributed by atoms with Gasteiger partial charge in [0.2, 0.25) is 0 Å². The zero-order valence-corrected chi connectivity index (χ0v) is 23.7. The summed E-state index contributed by atoms with van der Waals surface area (Å²) in [6, 6.07) is 17.3. The van der Waals surface area contributed by atoms with Gasteiger partial charge in [0.1, 0.15) is 23.8 Å². The largest absolute Gasteiger partial charge is 0.489 e. The number of carbonyl (C=O) groups excluding carboxylic acids is 1. The predicted octanol–water partition coefficient (Wildman–Crippen LogP) is 6.05. The van der Waals surface area contributed by atoms with Gasteiger partial charge in [0.05, 0.1) is 22.9 Å². The van der Waals surface area contributed by atoms with Crippen LogP contribution in [-0.4, -0.2) is 39.0 Å². The molecule has 1 aliphatic rings. The summed E-state index contributed by atoms with van der Waals surface area (Å²) in [6.45, 7) is 9.04. The molecule has 2 aromatic carbocycles. The van der Waals surface area contributed by atoms with Gasteiger partial charge in [-0.1, -0.05) is 30.3 Å². The van der Waals surface area contributed by atoms with Gasteiger partial charge in [-0.2, -0.15) is 0 Å². The summed E-state index contributed by atoms with van der Waals surface area (Å²) in [5.41, 5.74) is 3.08. The number of anilines is 2. The van der Waals surface area contributed by atoms with Crippen molar-refractivity contribution in [2.45, 2.75) is 58.8 Å². The first-order chi connectivity index (χ1) is 19.1. The quantitative estimate of drug-likeness (QED) is 0.294. The molecule has 0 bridgehead atoms. The molecule has 210 valence electrons. The summed E-state index contributed by atoms with van der Waals surface area (Å²) in [7, 11) is 1.74. The molecular formula is C31H36N4O5. The lowest BCUT2D eigenvalue weighted by molar-refractivity contribution is 0.0598. The van der Waals surface area contributed by atoms with E-state index in [4.69, 9.17) is 14.2 Å². The summed E-state index contributed by atoms with van der Waals surface area (Å²) in [5, 5.41) is 0. The second kappa shape index (κ2) is 11.2. The van der Waals surface area contributed by atoms with Crippen molar-refractivity contribution in [1.29, 1.82) is 0 Å². The molecular weight excluding hydrogens is 508 g/mol. The highest BCUT2D eigenvalue weighted by Crippen LogP contribution is 2.34. The molecule has 3 heterocycles. The van der Waals surface area contributed by atoms with Crippen LogP contribution in [0.1, 0.15) is 50.8 Å². The van der Waals surface area contributed by atoms with Crippen LogP contribution in [0, 0.1) is 6.92 Å². The molecule has 9 heteroatoms. The van der Waals surface area contributed by atoms with Crippen molar-refractivity contribution in [2.24, 2.45) is 7.05 Å². The van der Waals surface area contributed by atoms with E-state index in [9.17, 15) is 9.59 Å². The van der Waals surface area contributed by atoms with E-state index in [1.807, 2.05) is 80.8 Å². The highest BCUT2D eigenvalue weighted by Gasteiger charge is 2.29. The number of rotatable bonds is 6. The highest BCUT2D eigenvalue weighted by molar-refractivity contribution is 5.97. The minimum atomic E-state index is -0.719. The molecule has 0 atom stereocenters. The van der Waals surface area contributed by atoms with Gasteiger partial charge in [-0.3, -0.25) is 9.13 Å². The summed E-state index contributed by atoms with van der Waals surface area (Å²) < 4.78 is 20.8. The van der Waals surface area contributed by atoms with Crippen LogP contribution in [0.25, 0.3) is 11.0 Å². The SMILES string of the molecule is Cc1cc(OCc2ccccc2)ccc1N(C(=O)OC(C)(C)C)c1cc2c(cn1)n(C)c(=O)n2C1CCOCC1. The van der Waals surface area contributed by atoms with Gasteiger partial charge in [-0.05, 0) is 69.9 Å². The molecule has 5 rings (SSSR count). The number of hydrogen-bond donors (Lipinski definition) is 0. The van der Waals surface area contributed by atoms with Crippen molar-refractivity contribution >= 4 is 28.6 Å². The third kappa shape index (κ3) is 5.74. The van der Waals surface area contributed by atoms with Crippen molar-refractivity contribution in [1.82, 2.24) is 14.1 Å². The van der Waals surface area contributed by atoms with Crippen LogP contribution < -0.4 is 15.3 Å². The van der Waals surface area contributed by atoms with E-state index in [-0.39, 0.29) is 11.7 Å². The molecule has 9 nitrogen and oxygen atoms in total. The lowest BCUT2D eigenvalue weighted by atomic mass is 10.1. The molecule has 1 aliphatic heterocycles. The Morgan fingerprint density at radius 2 is 1.80 bits per heavy atom. The fourth-order valence-electron chi connectivity index (χ4n) is 5.00. The van der Waals surface area contributed by atoms with Crippen molar-refractivity contribution in [3.8, 4) is 5.75 Å². The molecule has 40 heavy (non-hydrogen) atoms. The van der Waals surface area contributed by atoms with Crippen molar-refractivity contribution in [3.63, 3.8) is 0 Å². The first kappa shape index (κ1) is 27.5. The lowest BCUT2D eigenvalue weighted by Gasteiger charge is -2.28. The number of hydrogen-bond acceptors (Lipinski definition) is 6. The molecule has 0 aliphatic carbocycles. The Kier molecular flexibility index (Phi) is 7.67. The van der Waals surface area contributed by atoms with Crippen molar-refractivity contribution in [2.75, 3.05) is 18.1 Å². The Morgan fingerprint density at radius 1 is 1.07 bits per heavy atom. The number of benzene rings is 2. The van der Waals surface area contributed by atoms with Gasteiger partial charge in [0.25, 0.3) is 0 Å². The van der Waals surface area contributed by atoms with E-state index in [0.29, 0.717) is 42.6 Å². The molecule has 1 saturated heterocycles. The monoisotopic (exact) mass is 544 g/mol. The van der Waals surface area contributed by atoms with Crippen LogP contribution in [0.15, 0.2) is 65.6 Å². The maximum Gasteiger partial charge on any atom is 0.420 e. The molecule has 2 aromatic heterocycles. The molecule has 1 amide bonds. The van der Waals surface area contributed by atoms with E-state index in [0.717, 1.165) is 29.5 Å². The average molecular weight is 545 g/mol. The molecule has 0 unspecified atom stereocenters. The normalized spacial score (nSPS) is 14.3. The standard InChI is InChI=1S/C31H36N4O5/c1-21-17-24(39-20-22-9-7-6-8-10-22)11-12-25(21)35(30(37)40-31(2,3)4)28-18-26-27(19-32-28)33(5)29(36)34(26)23-13-15-38-16-14-23/h6-12,17-19,23H,13-16,20H2,1-5H3. The van der Waals surface area contributed by atoms with Crippen LogP contribution in [-0.2, 0) is 23.1 Å². The number of amides is 1. The van der Waals surface area contributed by atoms with E-state index >= 15 is 0 Å². The molecule has 0 saturated carbocycles. The minimum Gasteiger partial charge on any atom is -0.489 e. The fraction of sp³-hybridized carbons (Fsp3) is 0.387. The van der Waals surface area contributed by atoms with E-state index < -0.39 is 11.7 Å². The number of ether oxygens (including phenoxy) is 3. The number of pyridine rings is 1. The van der Waals surface area contributed by atoms with Gasteiger partial charge >= 0.3 is 11.8 Å². The average Bonchev–Trinajstić information content (AvgIpc) is 3.18. The lowest BCUT2D eigenvalue weighted by Crippen LogP contribution is -2.34. The highest BCUT2D eigenvalue weighted by atomic mass is 16.6. The molecule has 1 fully saturated rings. The van der Waals surface area contributed by atoms with Gasteiger partial charge in [0, 0.05) is 32.4 Å². The number of imidazole rings is 1. The van der Waals surface area contributed by atoms with E-state index in [1.165, 1.54) is 4.90 Å². The molecule has 0 spiro atoms. The van der Waals surface area contributed by atoms with Gasteiger partial charge in [0.15, 0.2) is 0 Å². The number of aryl methyl sites for hydroxylation is 2. The Bertz CT molecular complexity index is 1560. The third-order valence-electron chi connectivity index (χ3n) is 6.98. The maximum absolute atomic E-state index is 13.6. The van der Waals surface area contributed by atoms with Crippen molar-refractivity contribution in [3.05, 3.63) is 82.4 Å². The Labute approximate surface area is 233 Å². The smallest absolute Gasteiger partial charge is 0.420 e. The zero-order chi connectivity index (χ0) is 28.4. The van der Waals surface area contributed by atoms with Crippen LogP contribution in [0.2, 0.25) is 0 Å². The number of fused-ring (bicyclic) bond motifs is 1. The van der Waals surface area contributed by atoms with E-state index in [2.05, 4.69) is 4.98 Å². The van der Waals surface area contributed by atoms with Gasteiger partial charge in [-0.25, -0.2) is 19.5 Å². The third-order valence-corrected chi connectivity index (χ3v) is 6.98. The van der Waals surface area contributed by atoms with Crippen LogP contribution >= 0.6 is 0 Å². The topological polar surface area (TPSA) is 87.8 Å². The van der Waals surface area contributed by atoms with Crippen LogP contribution in [0.5, 0.6) is 5.75 Å². The van der Waals surface area contributed by atoms with Crippen molar-refractivity contribution < 1.29 is 19.0 Å². The maximum atomic E-state index is 13.6. The molecule has 0 radical (unpaired) electrons. The Morgan fingerprint density at radius 3 is 2.48 bits per heavy atom. The number of carbonyl (C=O) groups is 1. The minimum absolute atomic E-state index is 0.0120. The Balaban J connectivity index is 1.55. The molecule has 0 N–H and O–H groups in total. The first-order valence-corrected chi connectivity index (χ1v) is 13.6. The summed E-state index contributed by atoms with van der Waals surface area (Å²) in [5.74, 6) is 1.06. The summed E-state index contributed by atoms with van der Waals surface area (Å²) in [6.07, 6.45) is 2.58. The van der Waals surface area contributed by atoms with E-state index in [1.54, 1.807) is 23.9 Å².